The Morgan fingerprint density at radius 2 is 1.58 bits per heavy atom. The van der Waals surface area contributed by atoms with Crippen LogP contribution in [0.15, 0.2) is 0 Å². The summed E-state index contributed by atoms with van der Waals surface area (Å²) >= 11 is 0. The van der Waals surface area contributed by atoms with Gasteiger partial charge in [0.15, 0.2) is 0 Å². The van der Waals surface area contributed by atoms with Gasteiger partial charge in [0.1, 0.15) is 0 Å². The average Bonchev–Trinajstić information content (AvgIpc) is 3.10. The lowest BCUT2D eigenvalue weighted by Crippen LogP contribution is -2.37. The van der Waals surface area contributed by atoms with Crippen LogP contribution in [0.3, 0.4) is 0 Å². The van der Waals surface area contributed by atoms with Gasteiger partial charge < -0.3 is 19.7 Å². The molecule has 2 bridgehead atoms. The topological polar surface area (TPSA) is 67.1 Å². The van der Waals surface area contributed by atoms with Crippen molar-refractivity contribution in [3.63, 3.8) is 0 Å². The minimum Gasteiger partial charge on any atom is -0.494 e. The molecule has 0 saturated carbocycles. The van der Waals surface area contributed by atoms with Crippen molar-refractivity contribution in [1.29, 1.82) is 0 Å². The number of hydrogen-bond donors (Lipinski definition) is 2. The van der Waals surface area contributed by atoms with Crippen LogP contribution in [0.1, 0.15) is 36.2 Å². The van der Waals surface area contributed by atoms with Crippen molar-refractivity contribution >= 4 is 0 Å². The molecule has 1 aromatic heterocycles. The lowest BCUT2D eigenvalue weighted by Gasteiger charge is -2.27. The van der Waals surface area contributed by atoms with Crippen molar-refractivity contribution in [1.82, 2.24) is 9.47 Å². The first kappa shape index (κ1) is 11.6. The third kappa shape index (κ3) is 1.60. The molecule has 19 heavy (non-hydrogen) atoms. The van der Waals surface area contributed by atoms with Crippen molar-refractivity contribution in [3.05, 3.63) is 11.1 Å². The molecule has 0 radical (unpaired) electrons. The molecule has 2 fully saturated rings. The fourth-order valence-electron chi connectivity index (χ4n) is 3.41. The molecule has 3 aliphatic rings. The fraction of sp³-hybridized carbons (Fsp3) is 0.692. The molecule has 3 aliphatic heterocycles. The Morgan fingerprint density at radius 3 is 2.16 bits per heavy atom. The molecule has 0 spiro atoms. The molecular weight excluding hydrogens is 248 g/mol. The Bertz CT molecular complexity index is 474. The van der Waals surface area contributed by atoms with Crippen LogP contribution < -0.4 is 0 Å². The van der Waals surface area contributed by atoms with Gasteiger partial charge >= 0.3 is 0 Å². The van der Waals surface area contributed by atoms with E-state index in [0.29, 0.717) is 19.9 Å². The summed E-state index contributed by atoms with van der Waals surface area (Å²) < 4.78 is 12.6. The molecular formula is C13H18N2O4. The number of aromatic hydroxyl groups is 2. The highest BCUT2D eigenvalue weighted by atomic mass is 16.5. The van der Waals surface area contributed by atoms with Gasteiger partial charge in [-0.2, -0.15) is 0 Å². The van der Waals surface area contributed by atoms with Crippen molar-refractivity contribution in [3.8, 4) is 11.8 Å². The zero-order chi connectivity index (χ0) is 13.0. The molecule has 0 aromatic carbocycles. The van der Waals surface area contributed by atoms with E-state index in [1.54, 1.807) is 4.57 Å². The smallest absolute Gasteiger partial charge is 0.201 e. The molecule has 0 amide bonds. The summed E-state index contributed by atoms with van der Waals surface area (Å²) in [6.45, 7) is 3.57. The first-order valence-corrected chi connectivity index (χ1v) is 6.85. The predicted molar refractivity (Wildman–Crippen MR) is 66.0 cm³/mol. The number of morpholine rings is 1. The Morgan fingerprint density at radius 1 is 1.00 bits per heavy atom. The van der Waals surface area contributed by atoms with E-state index in [1.165, 1.54) is 0 Å². The third-order valence-corrected chi connectivity index (χ3v) is 4.39. The van der Waals surface area contributed by atoms with Crippen LogP contribution in [0.4, 0.5) is 0 Å². The first-order chi connectivity index (χ1) is 9.25. The molecule has 4 rings (SSSR count). The minimum absolute atomic E-state index is 0.0307. The molecule has 104 valence electrons. The van der Waals surface area contributed by atoms with Gasteiger partial charge in [-0.3, -0.25) is 9.47 Å². The molecule has 6 nitrogen and oxygen atoms in total. The average molecular weight is 266 g/mol. The van der Waals surface area contributed by atoms with Gasteiger partial charge in [-0.25, -0.2) is 0 Å². The third-order valence-electron chi connectivity index (χ3n) is 4.39. The Balaban J connectivity index is 1.66. The van der Waals surface area contributed by atoms with Gasteiger partial charge in [0.05, 0.1) is 43.2 Å². The van der Waals surface area contributed by atoms with E-state index in [2.05, 4.69) is 4.90 Å². The lowest BCUT2D eigenvalue weighted by atomic mass is 9.95. The van der Waals surface area contributed by atoms with Crippen LogP contribution in [0.5, 0.6) is 11.8 Å². The van der Waals surface area contributed by atoms with E-state index >= 15 is 0 Å². The summed E-state index contributed by atoms with van der Waals surface area (Å²) in [4.78, 5) is 2.17. The van der Waals surface area contributed by atoms with Gasteiger partial charge in [-0.15, -0.1) is 0 Å². The second-order valence-corrected chi connectivity index (χ2v) is 5.47. The Hall–Kier alpha value is -1.24. The molecule has 1 aromatic rings. The van der Waals surface area contributed by atoms with E-state index in [1.807, 2.05) is 0 Å². The van der Waals surface area contributed by atoms with E-state index in [9.17, 15) is 10.2 Å². The highest BCUT2D eigenvalue weighted by Gasteiger charge is 2.45. The first-order valence-electron chi connectivity index (χ1n) is 6.85. The quantitative estimate of drug-likeness (QED) is 0.839. The van der Waals surface area contributed by atoms with Crippen LogP contribution in [0.2, 0.25) is 0 Å². The molecule has 0 aliphatic carbocycles. The summed E-state index contributed by atoms with van der Waals surface area (Å²) in [5.41, 5.74) is 1.61. The fourth-order valence-corrected chi connectivity index (χ4v) is 3.41. The van der Waals surface area contributed by atoms with E-state index in [-0.39, 0.29) is 24.0 Å². The summed E-state index contributed by atoms with van der Waals surface area (Å²) in [7, 11) is 0. The van der Waals surface area contributed by atoms with Crippen LogP contribution in [0.25, 0.3) is 0 Å². The van der Waals surface area contributed by atoms with Crippen molar-refractivity contribution in [2.24, 2.45) is 0 Å². The molecule has 6 heteroatoms. The summed E-state index contributed by atoms with van der Waals surface area (Å²) in [5, 5.41) is 20.7. The second kappa shape index (κ2) is 4.13. The largest absolute Gasteiger partial charge is 0.494 e. The minimum atomic E-state index is -0.0307. The second-order valence-electron chi connectivity index (χ2n) is 5.47. The monoisotopic (exact) mass is 266 g/mol. The highest BCUT2D eigenvalue weighted by molar-refractivity contribution is 5.51. The summed E-state index contributed by atoms with van der Waals surface area (Å²) in [6, 6.07) is 0. The normalized spacial score (nSPS) is 29.9. The van der Waals surface area contributed by atoms with E-state index in [4.69, 9.17) is 9.47 Å². The SMILES string of the molecule is Oc1c2c(c(O)n1CN1CCOCC1)C1CCC2O1. The number of rotatable bonds is 2. The van der Waals surface area contributed by atoms with Crippen molar-refractivity contribution in [2.45, 2.75) is 31.7 Å². The van der Waals surface area contributed by atoms with Crippen LogP contribution in [0, 0.1) is 0 Å². The zero-order valence-corrected chi connectivity index (χ0v) is 10.7. The summed E-state index contributed by atoms with van der Waals surface area (Å²) in [6.07, 6.45) is 1.81. The lowest BCUT2D eigenvalue weighted by molar-refractivity contribution is 0.0200. The number of aromatic nitrogens is 1. The standard InChI is InChI=1S/C13H18N2O4/c16-12-10-8-1-2-9(19-8)11(10)13(17)15(12)7-14-3-5-18-6-4-14/h8-9,16-17H,1-7H2. The molecule has 2 atom stereocenters. The Labute approximate surface area is 111 Å². The maximum Gasteiger partial charge on any atom is 0.201 e. The van der Waals surface area contributed by atoms with E-state index in [0.717, 1.165) is 37.1 Å². The zero-order valence-electron chi connectivity index (χ0n) is 10.7. The van der Waals surface area contributed by atoms with Gasteiger partial charge in [0.25, 0.3) is 0 Å². The van der Waals surface area contributed by atoms with Crippen LogP contribution >= 0.6 is 0 Å². The molecule has 2 N–H and O–H groups in total. The van der Waals surface area contributed by atoms with E-state index < -0.39 is 0 Å². The number of nitrogens with zero attached hydrogens (tertiary/aromatic N) is 2. The maximum absolute atomic E-state index is 10.3. The van der Waals surface area contributed by atoms with Crippen LogP contribution in [-0.4, -0.2) is 46.0 Å². The van der Waals surface area contributed by atoms with Gasteiger partial charge in [0.2, 0.25) is 11.8 Å². The highest BCUT2D eigenvalue weighted by Crippen LogP contribution is 2.57. The molecule has 2 unspecified atom stereocenters. The van der Waals surface area contributed by atoms with Gasteiger partial charge in [-0.1, -0.05) is 0 Å². The predicted octanol–water partition coefficient (Wildman–Crippen LogP) is 1.10. The van der Waals surface area contributed by atoms with Crippen molar-refractivity contribution in [2.75, 3.05) is 26.3 Å². The maximum atomic E-state index is 10.3. The molecule has 2 saturated heterocycles. The number of hydrogen-bond acceptors (Lipinski definition) is 5. The Kier molecular flexibility index (Phi) is 2.51. The summed E-state index contributed by atoms with van der Waals surface area (Å²) in [5.74, 6) is 0.345. The van der Waals surface area contributed by atoms with Gasteiger partial charge in [-0.05, 0) is 12.8 Å². The number of ether oxygens (including phenoxy) is 2. The number of fused-ring (bicyclic) bond motifs is 5. The van der Waals surface area contributed by atoms with Gasteiger partial charge in [0, 0.05) is 13.1 Å². The van der Waals surface area contributed by atoms with Crippen LogP contribution in [-0.2, 0) is 16.1 Å². The van der Waals surface area contributed by atoms with Crippen molar-refractivity contribution < 1.29 is 19.7 Å². The molecule has 4 heterocycles.